The van der Waals surface area contributed by atoms with Crippen LogP contribution >= 0.6 is 0 Å². The van der Waals surface area contributed by atoms with E-state index in [1.807, 2.05) is 25.2 Å². The minimum Gasteiger partial charge on any atom is -0.372 e. The molecule has 1 saturated heterocycles. The molecule has 0 saturated carbocycles. The molecule has 0 spiro atoms. The highest BCUT2D eigenvalue weighted by atomic mass is 15.1. The number of anilines is 2. The zero-order valence-corrected chi connectivity index (χ0v) is 12.2. The van der Waals surface area contributed by atoms with Gasteiger partial charge in [0.15, 0.2) is 0 Å². The summed E-state index contributed by atoms with van der Waals surface area (Å²) in [5.74, 6) is 0.988. The average Bonchev–Trinajstić information content (AvgIpc) is 3.02. The zero-order chi connectivity index (χ0) is 13.9. The topological polar surface area (TPSA) is 19.4 Å². The first-order valence-corrected chi connectivity index (χ1v) is 7.23. The van der Waals surface area contributed by atoms with Gasteiger partial charge >= 0.3 is 0 Å². The Morgan fingerprint density at radius 2 is 1.55 bits per heavy atom. The lowest BCUT2D eigenvalue weighted by Gasteiger charge is -2.17. The van der Waals surface area contributed by atoms with Crippen molar-refractivity contribution in [3.05, 3.63) is 42.6 Å². The Labute approximate surface area is 120 Å². The van der Waals surface area contributed by atoms with Crippen LogP contribution in [-0.4, -0.2) is 32.2 Å². The third kappa shape index (κ3) is 2.62. The lowest BCUT2D eigenvalue weighted by atomic mass is 10.1. The summed E-state index contributed by atoms with van der Waals surface area (Å²) in [6.07, 6.45) is 4.58. The van der Waals surface area contributed by atoms with Crippen LogP contribution in [0.2, 0.25) is 0 Å². The van der Waals surface area contributed by atoms with Crippen LogP contribution in [0, 0.1) is 0 Å². The Hall–Kier alpha value is -2.03. The molecule has 0 atom stereocenters. The number of hydrogen-bond acceptors (Lipinski definition) is 3. The molecule has 1 aliphatic heterocycles. The molecule has 1 aromatic carbocycles. The summed E-state index contributed by atoms with van der Waals surface area (Å²) in [7, 11) is 4.01. The molecule has 0 bridgehead atoms. The number of hydrogen-bond donors (Lipinski definition) is 0. The Balaban J connectivity index is 1.79. The molecule has 3 rings (SSSR count). The smallest absolute Gasteiger partial charge is 0.127 e. The van der Waals surface area contributed by atoms with Crippen molar-refractivity contribution in [3.8, 4) is 11.1 Å². The van der Waals surface area contributed by atoms with Crippen LogP contribution in [0.3, 0.4) is 0 Å². The van der Waals surface area contributed by atoms with Crippen molar-refractivity contribution in [2.45, 2.75) is 12.8 Å². The van der Waals surface area contributed by atoms with Gasteiger partial charge in [0.05, 0.1) is 0 Å². The third-order valence-electron chi connectivity index (χ3n) is 3.88. The van der Waals surface area contributed by atoms with E-state index < -0.39 is 0 Å². The second kappa shape index (κ2) is 5.53. The van der Waals surface area contributed by atoms with Gasteiger partial charge in [0.2, 0.25) is 0 Å². The van der Waals surface area contributed by atoms with Crippen LogP contribution in [0.25, 0.3) is 11.1 Å². The average molecular weight is 267 g/mol. The molecule has 0 unspecified atom stereocenters. The molecule has 0 radical (unpaired) electrons. The predicted octanol–water partition coefficient (Wildman–Crippen LogP) is 3.41. The van der Waals surface area contributed by atoms with Crippen molar-refractivity contribution in [1.29, 1.82) is 0 Å². The molecule has 104 valence electrons. The molecular formula is C17H21N3. The van der Waals surface area contributed by atoms with E-state index in [1.54, 1.807) is 0 Å². The Bertz CT molecular complexity index is 552. The number of benzene rings is 1. The fourth-order valence-corrected chi connectivity index (χ4v) is 2.66. The van der Waals surface area contributed by atoms with Gasteiger partial charge in [-0.2, -0.15) is 0 Å². The van der Waals surface area contributed by atoms with Gasteiger partial charge in [-0.05, 0) is 42.7 Å². The number of rotatable bonds is 3. The molecule has 0 N–H and O–H groups in total. The fourth-order valence-electron chi connectivity index (χ4n) is 2.66. The van der Waals surface area contributed by atoms with Crippen LogP contribution in [-0.2, 0) is 0 Å². The van der Waals surface area contributed by atoms with Crippen molar-refractivity contribution in [2.75, 3.05) is 37.0 Å². The van der Waals surface area contributed by atoms with E-state index in [4.69, 9.17) is 0 Å². The summed E-state index contributed by atoms with van der Waals surface area (Å²) in [5, 5.41) is 0. The van der Waals surface area contributed by atoms with Crippen LogP contribution < -0.4 is 9.80 Å². The molecule has 0 amide bonds. The molecule has 0 aliphatic carbocycles. The molecule has 2 aromatic rings. The number of pyridine rings is 1. The van der Waals surface area contributed by atoms with Crippen molar-refractivity contribution in [1.82, 2.24) is 4.98 Å². The first-order valence-electron chi connectivity index (χ1n) is 7.23. The first kappa shape index (κ1) is 13.0. The number of aromatic nitrogens is 1. The minimum absolute atomic E-state index is 0.988. The van der Waals surface area contributed by atoms with Gasteiger partial charge < -0.3 is 9.80 Å². The standard InChI is InChI=1S/C17H21N3/c1-19(2)17-10-7-15(13-18-17)14-5-8-16(9-6-14)20-11-3-4-12-20/h5-10,13H,3-4,11-12H2,1-2H3. The Kier molecular flexibility index (Phi) is 3.59. The quantitative estimate of drug-likeness (QED) is 0.849. The predicted molar refractivity (Wildman–Crippen MR) is 85.4 cm³/mol. The van der Waals surface area contributed by atoms with E-state index in [2.05, 4.69) is 46.3 Å². The number of nitrogens with zero attached hydrogens (tertiary/aromatic N) is 3. The van der Waals surface area contributed by atoms with E-state index >= 15 is 0 Å². The van der Waals surface area contributed by atoms with E-state index in [0.29, 0.717) is 0 Å². The van der Waals surface area contributed by atoms with Crippen LogP contribution in [0.5, 0.6) is 0 Å². The normalized spacial score (nSPS) is 14.6. The first-order chi connectivity index (χ1) is 9.74. The highest BCUT2D eigenvalue weighted by molar-refractivity contribution is 5.66. The molecule has 1 aliphatic rings. The molecule has 1 fully saturated rings. The Morgan fingerprint density at radius 1 is 0.900 bits per heavy atom. The second-order valence-corrected chi connectivity index (χ2v) is 5.54. The highest BCUT2D eigenvalue weighted by Crippen LogP contribution is 2.25. The summed E-state index contributed by atoms with van der Waals surface area (Å²) < 4.78 is 0. The van der Waals surface area contributed by atoms with Crippen LogP contribution in [0.1, 0.15) is 12.8 Å². The fraction of sp³-hybridized carbons (Fsp3) is 0.353. The van der Waals surface area contributed by atoms with E-state index in [1.165, 1.54) is 42.7 Å². The van der Waals surface area contributed by atoms with Crippen molar-refractivity contribution in [3.63, 3.8) is 0 Å². The summed E-state index contributed by atoms with van der Waals surface area (Å²) in [4.78, 5) is 8.94. The van der Waals surface area contributed by atoms with Gasteiger partial charge in [-0.25, -0.2) is 4.98 Å². The molecule has 3 heteroatoms. The van der Waals surface area contributed by atoms with Crippen LogP contribution in [0.4, 0.5) is 11.5 Å². The molecule has 20 heavy (non-hydrogen) atoms. The SMILES string of the molecule is CN(C)c1ccc(-c2ccc(N3CCCC3)cc2)cn1. The molecule has 3 nitrogen and oxygen atoms in total. The second-order valence-electron chi connectivity index (χ2n) is 5.54. The largest absolute Gasteiger partial charge is 0.372 e. The van der Waals surface area contributed by atoms with Gasteiger partial charge in [-0.3, -0.25) is 0 Å². The van der Waals surface area contributed by atoms with E-state index in [9.17, 15) is 0 Å². The van der Waals surface area contributed by atoms with E-state index in [-0.39, 0.29) is 0 Å². The monoisotopic (exact) mass is 267 g/mol. The van der Waals surface area contributed by atoms with Gasteiger partial charge in [-0.1, -0.05) is 12.1 Å². The summed E-state index contributed by atoms with van der Waals surface area (Å²) >= 11 is 0. The molecular weight excluding hydrogens is 246 g/mol. The van der Waals surface area contributed by atoms with Gasteiger partial charge in [0.1, 0.15) is 5.82 Å². The summed E-state index contributed by atoms with van der Waals surface area (Å²) in [5.41, 5.74) is 3.73. The molecule has 2 heterocycles. The maximum atomic E-state index is 4.47. The third-order valence-corrected chi connectivity index (χ3v) is 3.88. The lowest BCUT2D eigenvalue weighted by Crippen LogP contribution is -2.17. The maximum Gasteiger partial charge on any atom is 0.127 e. The Morgan fingerprint density at radius 3 is 2.10 bits per heavy atom. The lowest BCUT2D eigenvalue weighted by molar-refractivity contribution is 0.949. The van der Waals surface area contributed by atoms with Crippen molar-refractivity contribution < 1.29 is 0 Å². The molecule has 1 aromatic heterocycles. The van der Waals surface area contributed by atoms with Crippen molar-refractivity contribution >= 4 is 11.5 Å². The zero-order valence-electron chi connectivity index (χ0n) is 12.2. The van der Waals surface area contributed by atoms with Gasteiger partial charge in [0.25, 0.3) is 0 Å². The minimum atomic E-state index is 0.988. The van der Waals surface area contributed by atoms with Gasteiger partial charge in [0, 0.05) is 44.6 Å². The maximum absolute atomic E-state index is 4.47. The van der Waals surface area contributed by atoms with Crippen molar-refractivity contribution in [2.24, 2.45) is 0 Å². The van der Waals surface area contributed by atoms with Crippen LogP contribution in [0.15, 0.2) is 42.6 Å². The highest BCUT2D eigenvalue weighted by Gasteiger charge is 2.11. The summed E-state index contributed by atoms with van der Waals surface area (Å²) in [6.45, 7) is 2.39. The summed E-state index contributed by atoms with van der Waals surface area (Å²) in [6, 6.07) is 13.0. The van der Waals surface area contributed by atoms with Gasteiger partial charge in [-0.15, -0.1) is 0 Å². The van der Waals surface area contributed by atoms with E-state index in [0.717, 1.165) is 5.82 Å².